The Bertz CT molecular complexity index is 481. The van der Waals surface area contributed by atoms with Crippen LogP contribution in [0.4, 0.5) is 0 Å². The van der Waals surface area contributed by atoms with Crippen molar-refractivity contribution < 1.29 is 14.3 Å². The SMILES string of the molecule is CCOc1ccc(C(=O)N2CCC(=O)C(CC)C2)cc1. The smallest absolute Gasteiger partial charge is 0.253 e. The van der Waals surface area contributed by atoms with Gasteiger partial charge in [0.2, 0.25) is 0 Å². The first-order valence-electron chi connectivity index (χ1n) is 7.20. The molecule has 2 rings (SSSR count). The van der Waals surface area contributed by atoms with Crippen LogP contribution in [0.1, 0.15) is 37.0 Å². The Morgan fingerprint density at radius 3 is 2.60 bits per heavy atom. The first kappa shape index (κ1) is 14.6. The van der Waals surface area contributed by atoms with Gasteiger partial charge in [-0.2, -0.15) is 0 Å². The van der Waals surface area contributed by atoms with E-state index in [9.17, 15) is 9.59 Å². The molecule has 1 aliphatic rings. The fourth-order valence-corrected chi connectivity index (χ4v) is 2.49. The minimum atomic E-state index is -0.00426. The molecule has 1 unspecified atom stereocenters. The zero-order valence-electron chi connectivity index (χ0n) is 12.1. The van der Waals surface area contributed by atoms with E-state index in [-0.39, 0.29) is 17.6 Å². The lowest BCUT2D eigenvalue weighted by molar-refractivity contribution is -0.125. The lowest BCUT2D eigenvalue weighted by atomic mass is 9.93. The van der Waals surface area contributed by atoms with E-state index in [4.69, 9.17) is 4.74 Å². The second kappa shape index (κ2) is 6.55. The second-order valence-electron chi connectivity index (χ2n) is 5.03. The zero-order valence-corrected chi connectivity index (χ0v) is 12.1. The van der Waals surface area contributed by atoms with Crippen molar-refractivity contribution in [1.82, 2.24) is 4.90 Å². The van der Waals surface area contributed by atoms with Gasteiger partial charge in [-0.25, -0.2) is 0 Å². The summed E-state index contributed by atoms with van der Waals surface area (Å²) >= 11 is 0. The Labute approximate surface area is 119 Å². The lowest BCUT2D eigenvalue weighted by Gasteiger charge is -2.31. The Morgan fingerprint density at radius 2 is 2.00 bits per heavy atom. The molecular formula is C16H21NO3. The predicted molar refractivity (Wildman–Crippen MR) is 76.9 cm³/mol. The summed E-state index contributed by atoms with van der Waals surface area (Å²) in [5.41, 5.74) is 0.651. The first-order valence-corrected chi connectivity index (χ1v) is 7.20. The number of rotatable bonds is 4. The molecule has 0 saturated carbocycles. The van der Waals surface area contributed by atoms with Crippen LogP contribution in [0.3, 0.4) is 0 Å². The van der Waals surface area contributed by atoms with Crippen LogP contribution >= 0.6 is 0 Å². The largest absolute Gasteiger partial charge is 0.494 e. The van der Waals surface area contributed by atoms with Gasteiger partial charge in [0.1, 0.15) is 11.5 Å². The number of hydrogen-bond acceptors (Lipinski definition) is 3. The minimum absolute atomic E-state index is 0.000927. The fourth-order valence-electron chi connectivity index (χ4n) is 2.49. The molecule has 1 saturated heterocycles. The Hall–Kier alpha value is -1.84. The second-order valence-corrected chi connectivity index (χ2v) is 5.03. The highest BCUT2D eigenvalue weighted by Gasteiger charge is 2.28. The summed E-state index contributed by atoms with van der Waals surface area (Å²) in [6, 6.07) is 7.18. The highest BCUT2D eigenvalue weighted by molar-refractivity contribution is 5.95. The zero-order chi connectivity index (χ0) is 14.5. The highest BCUT2D eigenvalue weighted by atomic mass is 16.5. The van der Waals surface area contributed by atoms with E-state index < -0.39 is 0 Å². The maximum atomic E-state index is 12.4. The van der Waals surface area contributed by atoms with Gasteiger partial charge in [-0.3, -0.25) is 9.59 Å². The van der Waals surface area contributed by atoms with Crippen molar-refractivity contribution in [2.75, 3.05) is 19.7 Å². The molecule has 1 aromatic carbocycles. The van der Waals surface area contributed by atoms with E-state index in [1.54, 1.807) is 17.0 Å². The predicted octanol–water partition coefficient (Wildman–Crippen LogP) is 2.53. The number of ketones is 1. The molecule has 4 heteroatoms. The van der Waals surface area contributed by atoms with Crippen LogP contribution in [-0.2, 0) is 4.79 Å². The molecule has 1 fully saturated rings. The van der Waals surface area contributed by atoms with Crippen molar-refractivity contribution in [3.63, 3.8) is 0 Å². The number of hydrogen-bond donors (Lipinski definition) is 0. The number of Topliss-reactive ketones (excluding diaryl/α,β-unsaturated/α-hetero) is 1. The third-order valence-electron chi connectivity index (χ3n) is 3.72. The van der Waals surface area contributed by atoms with Crippen molar-refractivity contribution in [2.24, 2.45) is 5.92 Å². The Balaban J connectivity index is 2.05. The molecule has 0 aliphatic carbocycles. The average Bonchev–Trinajstić information content (AvgIpc) is 2.48. The molecule has 1 aliphatic heterocycles. The molecule has 20 heavy (non-hydrogen) atoms. The van der Waals surface area contributed by atoms with Gasteiger partial charge in [-0.1, -0.05) is 6.92 Å². The Morgan fingerprint density at radius 1 is 1.30 bits per heavy atom. The quantitative estimate of drug-likeness (QED) is 0.848. The van der Waals surface area contributed by atoms with Crippen LogP contribution in [0.25, 0.3) is 0 Å². The van der Waals surface area contributed by atoms with Gasteiger partial charge in [0.05, 0.1) is 6.61 Å². The molecular weight excluding hydrogens is 254 g/mol. The molecule has 0 bridgehead atoms. The molecule has 0 N–H and O–H groups in total. The monoisotopic (exact) mass is 275 g/mol. The number of carbonyl (C=O) groups excluding carboxylic acids is 2. The molecule has 1 heterocycles. The molecule has 108 valence electrons. The van der Waals surface area contributed by atoms with Crippen molar-refractivity contribution >= 4 is 11.7 Å². The summed E-state index contributed by atoms with van der Waals surface area (Å²) in [5.74, 6) is 1.04. The maximum Gasteiger partial charge on any atom is 0.253 e. The van der Waals surface area contributed by atoms with E-state index in [0.717, 1.165) is 12.2 Å². The number of amides is 1. The van der Waals surface area contributed by atoms with E-state index in [1.165, 1.54) is 0 Å². The van der Waals surface area contributed by atoms with Crippen LogP contribution in [-0.4, -0.2) is 36.3 Å². The number of benzene rings is 1. The third-order valence-corrected chi connectivity index (χ3v) is 3.72. The van der Waals surface area contributed by atoms with Crippen LogP contribution < -0.4 is 4.74 Å². The van der Waals surface area contributed by atoms with Gasteiger partial charge < -0.3 is 9.64 Å². The van der Waals surface area contributed by atoms with Crippen molar-refractivity contribution in [3.05, 3.63) is 29.8 Å². The number of ether oxygens (including phenoxy) is 1. The molecule has 0 aromatic heterocycles. The van der Waals surface area contributed by atoms with Crippen LogP contribution in [0.15, 0.2) is 24.3 Å². The molecule has 1 atom stereocenters. The molecule has 1 amide bonds. The fraction of sp³-hybridized carbons (Fsp3) is 0.500. The molecule has 0 radical (unpaired) electrons. The standard InChI is InChI=1S/C16H21NO3/c1-3-12-11-17(10-9-15(12)18)16(19)13-5-7-14(8-6-13)20-4-2/h5-8,12H,3-4,9-11H2,1-2H3. The lowest BCUT2D eigenvalue weighted by Crippen LogP contribution is -2.43. The number of nitrogens with zero attached hydrogens (tertiary/aromatic N) is 1. The molecule has 0 spiro atoms. The number of likely N-dealkylation sites (tertiary alicyclic amines) is 1. The first-order chi connectivity index (χ1) is 9.65. The average molecular weight is 275 g/mol. The highest BCUT2D eigenvalue weighted by Crippen LogP contribution is 2.19. The van der Waals surface area contributed by atoms with Gasteiger partial charge in [0, 0.05) is 31.0 Å². The van der Waals surface area contributed by atoms with Gasteiger partial charge in [0.15, 0.2) is 0 Å². The van der Waals surface area contributed by atoms with Crippen LogP contribution in [0.5, 0.6) is 5.75 Å². The van der Waals surface area contributed by atoms with Crippen LogP contribution in [0.2, 0.25) is 0 Å². The van der Waals surface area contributed by atoms with Crippen molar-refractivity contribution in [3.8, 4) is 5.75 Å². The number of piperidine rings is 1. The van der Waals surface area contributed by atoms with Crippen LogP contribution in [0, 0.1) is 5.92 Å². The van der Waals surface area contributed by atoms with Crippen molar-refractivity contribution in [2.45, 2.75) is 26.7 Å². The van der Waals surface area contributed by atoms with Gasteiger partial charge >= 0.3 is 0 Å². The molecule has 1 aromatic rings. The summed E-state index contributed by atoms with van der Waals surface area (Å²) in [6.45, 7) is 5.60. The van der Waals surface area contributed by atoms with E-state index >= 15 is 0 Å². The summed E-state index contributed by atoms with van der Waals surface area (Å²) in [4.78, 5) is 25.9. The minimum Gasteiger partial charge on any atom is -0.494 e. The Kier molecular flexibility index (Phi) is 4.77. The van der Waals surface area contributed by atoms with Gasteiger partial charge in [0.25, 0.3) is 5.91 Å². The third kappa shape index (κ3) is 3.18. The van der Waals surface area contributed by atoms with E-state index in [1.807, 2.05) is 26.0 Å². The summed E-state index contributed by atoms with van der Waals surface area (Å²) < 4.78 is 5.37. The van der Waals surface area contributed by atoms with E-state index in [2.05, 4.69) is 0 Å². The summed E-state index contributed by atoms with van der Waals surface area (Å²) in [5, 5.41) is 0. The van der Waals surface area contributed by atoms with Crippen molar-refractivity contribution in [1.29, 1.82) is 0 Å². The van der Waals surface area contributed by atoms with E-state index in [0.29, 0.717) is 31.7 Å². The summed E-state index contributed by atoms with van der Waals surface area (Å²) in [7, 11) is 0. The maximum absolute atomic E-state index is 12.4. The van der Waals surface area contributed by atoms with Gasteiger partial charge in [-0.05, 0) is 37.6 Å². The van der Waals surface area contributed by atoms with Gasteiger partial charge in [-0.15, -0.1) is 0 Å². The normalized spacial score (nSPS) is 19.0. The summed E-state index contributed by atoms with van der Waals surface area (Å²) in [6.07, 6.45) is 1.27. The number of carbonyl (C=O) groups is 2. The topological polar surface area (TPSA) is 46.6 Å². The molecule has 4 nitrogen and oxygen atoms in total.